The summed E-state index contributed by atoms with van der Waals surface area (Å²) in [7, 11) is 0. The van der Waals surface area contributed by atoms with Gasteiger partial charge in [0.25, 0.3) is 0 Å². The number of hydrogen-bond donors (Lipinski definition) is 2. The van der Waals surface area contributed by atoms with E-state index in [1.807, 2.05) is 12.3 Å². The second-order valence-electron chi connectivity index (χ2n) is 7.55. The number of amides is 1. The zero-order chi connectivity index (χ0) is 15.8. The normalized spacial score (nSPS) is 27.4. The molecule has 2 aliphatic carbocycles. The highest BCUT2D eigenvalue weighted by Crippen LogP contribution is 2.49. The Labute approximate surface area is 137 Å². The summed E-state index contributed by atoms with van der Waals surface area (Å²) in [5.74, 6) is 2.72. The lowest BCUT2D eigenvalue weighted by atomic mass is 9.84. The van der Waals surface area contributed by atoms with Gasteiger partial charge in [-0.2, -0.15) is 0 Å². The van der Waals surface area contributed by atoms with E-state index >= 15 is 0 Å². The smallest absolute Gasteiger partial charge is 0.220 e. The van der Waals surface area contributed by atoms with Crippen LogP contribution < -0.4 is 5.32 Å². The molecule has 3 heteroatoms. The van der Waals surface area contributed by atoms with Crippen molar-refractivity contribution in [3.8, 4) is 0 Å². The first-order valence-corrected chi connectivity index (χ1v) is 9.05. The fourth-order valence-corrected chi connectivity index (χ4v) is 4.93. The van der Waals surface area contributed by atoms with Gasteiger partial charge in [-0.25, -0.2) is 0 Å². The molecule has 2 fully saturated rings. The molecule has 2 bridgehead atoms. The number of aromatic nitrogens is 1. The zero-order valence-corrected chi connectivity index (χ0v) is 13.8. The molecule has 1 aromatic heterocycles. The number of hydrogen-bond acceptors (Lipinski definition) is 1. The van der Waals surface area contributed by atoms with Gasteiger partial charge in [-0.1, -0.05) is 24.6 Å². The van der Waals surface area contributed by atoms with Gasteiger partial charge < -0.3 is 10.3 Å². The summed E-state index contributed by atoms with van der Waals surface area (Å²) in [6.45, 7) is 2.20. The van der Waals surface area contributed by atoms with Crippen LogP contribution in [0, 0.1) is 17.8 Å². The van der Waals surface area contributed by atoms with E-state index < -0.39 is 0 Å². The Morgan fingerprint density at radius 2 is 2.17 bits per heavy atom. The molecule has 1 aromatic carbocycles. The molecule has 122 valence electrons. The Morgan fingerprint density at radius 3 is 2.96 bits per heavy atom. The van der Waals surface area contributed by atoms with Crippen molar-refractivity contribution in [3.05, 3.63) is 36.0 Å². The van der Waals surface area contributed by atoms with Crippen LogP contribution in [0.5, 0.6) is 0 Å². The molecule has 0 radical (unpaired) electrons. The molecule has 1 heterocycles. The van der Waals surface area contributed by atoms with E-state index in [0.29, 0.717) is 18.4 Å². The van der Waals surface area contributed by atoms with Crippen LogP contribution in [-0.4, -0.2) is 16.9 Å². The molecule has 0 unspecified atom stereocenters. The minimum Gasteiger partial charge on any atom is -0.361 e. The molecule has 0 saturated heterocycles. The summed E-state index contributed by atoms with van der Waals surface area (Å²) in [5.41, 5.74) is 2.39. The number of aryl methyl sites for hydroxylation is 1. The van der Waals surface area contributed by atoms with Gasteiger partial charge in [0, 0.05) is 29.6 Å². The number of benzene rings is 1. The maximum absolute atomic E-state index is 12.3. The average molecular weight is 310 g/mol. The van der Waals surface area contributed by atoms with Crippen LogP contribution in [0.25, 0.3) is 10.9 Å². The van der Waals surface area contributed by atoms with Crippen LogP contribution >= 0.6 is 0 Å². The molecule has 4 atom stereocenters. The van der Waals surface area contributed by atoms with Crippen molar-refractivity contribution in [3.63, 3.8) is 0 Å². The third-order valence-electron chi connectivity index (χ3n) is 6.12. The molecule has 3 nitrogen and oxygen atoms in total. The van der Waals surface area contributed by atoms with Crippen molar-refractivity contribution < 1.29 is 4.79 Å². The monoisotopic (exact) mass is 310 g/mol. The topological polar surface area (TPSA) is 44.9 Å². The largest absolute Gasteiger partial charge is 0.361 e. The number of fused-ring (bicyclic) bond motifs is 3. The summed E-state index contributed by atoms with van der Waals surface area (Å²) in [4.78, 5) is 15.6. The highest BCUT2D eigenvalue weighted by molar-refractivity contribution is 5.84. The molecule has 0 aliphatic heterocycles. The number of nitrogens with one attached hydrogen (secondary N) is 2. The first kappa shape index (κ1) is 14.8. The van der Waals surface area contributed by atoms with Crippen molar-refractivity contribution in [1.29, 1.82) is 0 Å². The predicted molar refractivity (Wildman–Crippen MR) is 93.2 cm³/mol. The van der Waals surface area contributed by atoms with Crippen LogP contribution in [0.3, 0.4) is 0 Å². The van der Waals surface area contributed by atoms with Gasteiger partial charge in [-0.3, -0.25) is 4.79 Å². The Balaban J connectivity index is 1.32. The van der Waals surface area contributed by atoms with E-state index in [1.165, 1.54) is 36.6 Å². The Bertz CT molecular complexity index is 704. The second kappa shape index (κ2) is 6.03. The lowest BCUT2D eigenvalue weighted by Gasteiger charge is -2.28. The van der Waals surface area contributed by atoms with Crippen LogP contribution in [-0.2, 0) is 11.2 Å². The average Bonchev–Trinajstić information content (AvgIpc) is 3.28. The van der Waals surface area contributed by atoms with Gasteiger partial charge in [0.2, 0.25) is 5.91 Å². The molecule has 2 aromatic rings. The maximum atomic E-state index is 12.3. The van der Waals surface area contributed by atoms with Crippen LogP contribution in [0.15, 0.2) is 30.5 Å². The number of H-pyrrole nitrogens is 1. The van der Waals surface area contributed by atoms with E-state index in [1.54, 1.807) is 0 Å². The molecule has 2 N–H and O–H groups in total. The quantitative estimate of drug-likeness (QED) is 0.860. The van der Waals surface area contributed by atoms with E-state index in [4.69, 9.17) is 0 Å². The Morgan fingerprint density at radius 1 is 1.30 bits per heavy atom. The molecular formula is C20H26N2O. The first-order valence-electron chi connectivity index (χ1n) is 9.05. The second-order valence-corrected chi connectivity index (χ2v) is 7.55. The molecule has 2 saturated carbocycles. The fourth-order valence-electron chi connectivity index (χ4n) is 4.93. The minimum atomic E-state index is 0.200. The highest BCUT2D eigenvalue weighted by Gasteiger charge is 2.42. The number of aromatic amines is 1. The van der Waals surface area contributed by atoms with Gasteiger partial charge >= 0.3 is 0 Å². The van der Waals surface area contributed by atoms with E-state index in [2.05, 4.69) is 35.4 Å². The number of carbonyl (C=O) groups excluding carboxylic acids is 1. The molecule has 4 rings (SSSR count). The molecule has 1 amide bonds. The first-order chi connectivity index (χ1) is 11.2. The van der Waals surface area contributed by atoms with Crippen molar-refractivity contribution >= 4 is 16.8 Å². The summed E-state index contributed by atoms with van der Waals surface area (Å²) in [6, 6.07) is 8.62. The molecule has 2 aliphatic rings. The van der Waals surface area contributed by atoms with Crippen LogP contribution in [0.4, 0.5) is 0 Å². The van der Waals surface area contributed by atoms with Gasteiger partial charge in [0.1, 0.15) is 0 Å². The summed E-state index contributed by atoms with van der Waals surface area (Å²) < 4.78 is 0. The van der Waals surface area contributed by atoms with E-state index in [9.17, 15) is 4.79 Å². The zero-order valence-electron chi connectivity index (χ0n) is 13.8. The third-order valence-corrected chi connectivity index (χ3v) is 6.12. The predicted octanol–water partition coefficient (Wildman–Crippen LogP) is 4.04. The molecule has 23 heavy (non-hydrogen) atoms. The lowest BCUT2D eigenvalue weighted by molar-refractivity contribution is -0.122. The molecular weight excluding hydrogens is 284 g/mol. The van der Waals surface area contributed by atoms with Gasteiger partial charge in [0.15, 0.2) is 0 Å². The van der Waals surface area contributed by atoms with E-state index in [0.717, 1.165) is 23.8 Å². The van der Waals surface area contributed by atoms with Crippen molar-refractivity contribution in [1.82, 2.24) is 10.3 Å². The highest BCUT2D eigenvalue weighted by atomic mass is 16.1. The molecule has 0 spiro atoms. The maximum Gasteiger partial charge on any atom is 0.220 e. The number of carbonyl (C=O) groups is 1. The van der Waals surface area contributed by atoms with Crippen LogP contribution in [0.1, 0.15) is 44.6 Å². The summed E-state index contributed by atoms with van der Waals surface area (Å²) >= 11 is 0. The number of rotatable bonds is 5. The van der Waals surface area contributed by atoms with Crippen molar-refractivity contribution in [2.24, 2.45) is 17.8 Å². The fraction of sp³-hybridized carbons (Fsp3) is 0.550. The SMILES string of the molecule is C[C@@H](NC(=O)CCc1c[nH]c2ccccc12)[C@H]1C[C@@H]2CC[C@@H]1C2. The minimum absolute atomic E-state index is 0.200. The third kappa shape index (κ3) is 2.89. The Hall–Kier alpha value is -1.77. The van der Waals surface area contributed by atoms with Gasteiger partial charge in [0.05, 0.1) is 0 Å². The summed E-state index contributed by atoms with van der Waals surface area (Å²) in [6.07, 6.45) is 8.95. The van der Waals surface area contributed by atoms with Gasteiger partial charge in [-0.15, -0.1) is 0 Å². The van der Waals surface area contributed by atoms with Crippen LogP contribution in [0.2, 0.25) is 0 Å². The van der Waals surface area contributed by atoms with Gasteiger partial charge in [-0.05, 0) is 62.0 Å². The van der Waals surface area contributed by atoms with E-state index in [-0.39, 0.29) is 5.91 Å². The van der Waals surface area contributed by atoms with Crippen molar-refractivity contribution in [2.45, 2.75) is 51.5 Å². The Kier molecular flexibility index (Phi) is 3.88. The summed E-state index contributed by atoms with van der Waals surface area (Å²) in [5, 5.41) is 4.51. The number of para-hydroxylation sites is 1. The standard InChI is InChI=1S/C20H26N2O/c1-13(18-11-14-6-7-15(18)10-14)22-20(23)9-8-16-12-21-19-5-3-2-4-17(16)19/h2-5,12-15,18,21H,6-11H2,1H3,(H,22,23)/t13-,14-,15-,18-/m1/s1. The van der Waals surface area contributed by atoms with Crippen molar-refractivity contribution in [2.75, 3.05) is 0 Å². The lowest BCUT2D eigenvalue weighted by Crippen LogP contribution is -2.40.